The highest BCUT2D eigenvalue weighted by atomic mass is 19.1. The second-order valence-corrected chi connectivity index (χ2v) is 4.29. The highest BCUT2D eigenvalue weighted by molar-refractivity contribution is 5.95. The van der Waals surface area contributed by atoms with Crippen LogP contribution >= 0.6 is 0 Å². The molecule has 0 saturated carbocycles. The molecule has 2 rings (SSSR count). The monoisotopic (exact) mass is 258 g/mol. The SMILES string of the molecule is Cc1cc(F)ccc1C(=O)NCCc1ccccn1. The topological polar surface area (TPSA) is 42.0 Å². The second kappa shape index (κ2) is 6.09. The van der Waals surface area contributed by atoms with E-state index in [0.29, 0.717) is 24.1 Å². The van der Waals surface area contributed by atoms with Gasteiger partial charge in [-0.25, -0.2) is 4.39 Å². The lowest BCUT2D eigenvalue weighted by Gasteiger charge is -2.07. The minimum absolute atomic E-state index is 0.187. The molecule has 1 N–H and O–H groups in total. The molecule has 0 atom stereocenters. The van der Waals surface area contributed by atoms with E-state index in [2.05, 4.69) is 10.3 Å². The average molecular weight is 258 g/mol. The van der Waals surface area contributed by atoms with E-state index < -0.39 is 0 Å². The number of halogens is 1. The van der Waals surface area contributed by atoms with E-state index >= 15 is 0 Å². The van der Waals surface area contributed by atoms with Crippen LogP contribution in [-0.4, -0.2) is 17.4 Å². The first kappa shape index (κ1) is 13.2. The molecule has 0 saturated heterocycles. The Labute approximate surface area is 111 Å². The number of hydrogen-bond acceptors (Lipinski definition) is 2. The number of nitrogens with zero attached hydrogens (tertiary/aromatic N) is 1. The molecule has 0 aliphatic rings. The molecule has 98 valence electrons. The summed E-state index contributed by atoms with van der Waals surface area (Å²) in [7, 11) is 0. The summed E-state index contributed by atoms with van der Waals surface area (Å²) in [4.78, 5) is 16.1. The Hall–Kier alpha value is -2.23. The fourth-order valence-corrected chi connectivity index (χ4v) is 1.83. The van der Waals surface area contributed by atoms with Crippen LogP contribution in [0.4, 0.5) is 4.39 Å². The first-order valence-corrected chi connectivity index (χ1v) is 6.11. The number of carbonyl (C=O) groups excluding carboxylic acids is 1. The number of carbonyl (C=O) groups is 1. The highest BCUT2D eigenvalue weighted by Gasteiger charge is 2.08. The van der Waals surface area contributed by atoms with Crippen molar-refractivity contribution in [3.05, 3.63) is 65.2 Å². The van der Waals surface area contributed by atoms with E-state index in [1.54, 1.807) is 13.1 Å². The van der Waals surface area contributed by atoms with Gasteiger partial charge in [-0.05, 0) is 42.8 Å². The zero-order valence-corrected chi connectivity index (χ0v) is 10.7. The van der Waals surface area contributed by atoms with Gasteiger partial charge < -0.3 is 5.32 Å². The van der Waals surface area contributed by atoms with Crippen LogP contribution in [0.25, 0.3) is 0 Å². The van der Waals surface area contributed by atoms with Crippen molar-refractivity contribution in [2.24, 2.45) is 0 Å². The molecule has 0 bridgehead atoms. The molecule has 0 unspecified atom stereocenters. The van der Waals surface area contributed by atoms with Crippen molar-refractivity contribution in [3.63, 3.8) is 0 Å². The van der Waals surface area contributed by atoms with E-state index in [-0.39, 0.29) is 11.7 Å². The van der Waals surface area contributed by atoms with Gasteiger partial charge in [0.25, 0.3) is 5.91 Å². The van der Waals surface area contributed by atoms with Crippen LogP contribution in [0.1, 0.15) is 21.6 Å². The maximum atomic E-state index is 12.9. The fraction of sp³-hybridized carbons (Fsp3) is 0.200. The molecule has 0 aliphatic carbocycles. The van der Waals surface area contributed by atoms with Gasteiger partial charge in [0, 0.05) is 30.4 Å². The van der Waals surface area contributed by atoms with Gasteiger partial charge in [-0.1, -0.05) is 6.07 Å². The van der Waals surface area contributed by atoms with Crippen molar-refractivity contribution in [1.82, 2.24) is 10.3 Å². The lowest BCUT2D eigenvalue weighted by molar-refractivity contribution is 0.0953. The van der Waals surface area contributed by atoms with Gasteiger partial charge >= 0.3 is 0 Å². The number of amides is 1. The number of benzene rings is 1. The number of aryl methyl sites for hydroxylation is 1. The van der Waals surface area contributed by atoms with Crippen LogP contribution in [0.2, 0.25) is 0 Å². The number of aromatic nitrogens is 1. The molecule has 3 nitrogen and oxygen atoms in total. The van der Waals surface area contributed by atoms with Crippen LogP contribution in [0.5, 0.6) is 0 Å². The first-order chi connectivity index (χ1) is 9.16. The van der Waals surface area contributed by atoms with E-state index in [9.17, 15) is 9.18 Å². The standard InChI is InChI=1S/C15H15FN2O/c1-11-10-12(16)5-6-14(11)15(19)18-9-7-13-4-2-3-8-17-13/h2-6,8,10H,7,9H2,1H3,(H,18,19). The van der Waals surface area contributed by atoms with E-state index in [0.717, 1.165) is 5.69 Å². The third-order valence-electron chi connectivity index (χ3n) is 2.83. The average Bonchev–Trinajstić information content (AvgIpc) is 2.39. The molecule has 1 heterocycles. The Bertz CT molecular complexity index is 570. The van der Waals surface area contributed by atoms with Crippen LogP contribution in [-0.2, 0) is 6.42 Å². The predicted molar refractivity (Wildman–Crippen MR) is 71.4 cm³/mol. The van der Waals surface area contributed by atoms with Gasteiger partial charge in [-0.3, -0.25) is 9.78 Å². The number of pyridine rings is 1. The molecule has 0 radical (unpaired) electrons. The van der Waals surface area contributed by atoms with Crippen molar-refractivity contribution < 1.29 is 9.18 Å². The van der Waals surface area contributed by atoms with Gasteiger partial charge in [0.15, 0.2) is 0 Å². The molecule has 0 fully saturated rings. The maximum absolute atomic E-state index is 12.9. The van der Waals surface area contributed by atoms with Crippen LogP contribution < -0.4 is 5.32 Å². The second-order valence-electron chi connectivity index (χ2n) is 4.29. The Morgan fingerprint density at radius 1 is 1.32 bits per heavy atom. The molecular formula is C15H15FN2O. The third-order valence-corrected chi connectivity index (χ3v) is 2.83. The van der Waals surface area contributed by atoms with Crippen molar-refractivity contribution in [1.29, 1.82) is 0 Å². The Morgan fingerprint density at radius 2 is 2.16 bits per heavy atom. The van der Waals surface area contributed by atoms with Crippen molar-refractivity contribution in [3.8, 4) is 0 Å². The smallest absolute Gasteiger partial charge is 0.251 e. The Kier molecular flexibility index (Phi) is 4.23. The maximum Gasteiger partial charge on any atom is 0.251 e. The van der Waals surface area contributed by atoms with Crippen molar-refractivity contribution in [2.75, 3.05) is 6.54 Å². The van der Waals surface area contributed by atoms with Gasteiger partial charge in [0.1, 0.15) is 5.82 Å². The summed E-state index contributed by atoms with van der Waals surface area (Å²) in [6, 6.07) is 9.82. The summed E-state index contributed by atoms with van der Waals surface area (Å²) in [6.07, 6.45) is 2.40. The van der Waals surface area contributed by atoms with Gasteiger partial charge in [0.05, 0.1) is 0 Å². The van der Waals surface area contributed by atoms with Crippen LogP contribution in [0.15, 0.2) is 42.6 Å². The summed E-state index contributed by atoms with van der Waals surface area (Å²) in [5.41, 5.74) is 2.07. The number of rotatable bonds is 4. The molecule has 1 aromatic heterocycles. The molecule has 2 aromatic rings. The molecule has 1 amide bonds. The summed E-state index contributed by atoms with van der Waals surface area (Å²) < 4.78 is 12.9. The fourth-order valence-electron chi connectivity index (χ4n) is 1.83. The van der Waals surface area contributed by atoms with E-state index in [1.165, 1.54) is 18.2 Å². The molecule has 1 aromatic carbocycles. The normalized spacial score (nSPS) is 10.2. The third kappa shape index (κ3) is 3.61. The summed E-state index contributed by atoms with van der Waals surface area (Å²) in [5.74, 6) is -0.518. The predicted octanol–water partition coefficient (Wildman–Crippen LogP) is 2.50. The van der Waals surface area contributed by atoms with Gasteiger partial charge in [-0.2, -0.15) is 0 Å². The van der Waals surface area contributed by atoms with Crippen molar-refractivity contribution >= 4 is 5.91 Å². The molecular weight excluding hydrogens is 243 g/mol. The van der Waals surface area contributed by atoms with Gasteiger partial charge in [-0.15, -0.1) is 0 Å². The lowest BCUT2D eigenvalue weighted by atomic mass is 10.1. The first-order valence-electron chi connectivity index (χ1n) is 6.11. The minimum atomic E-state index is -0.331. The molecule has 4 heteroatoms. The minimum Gasteiger partial charge on any atom is -0.352 e. The Balaban J connectivity index is 1.91. The Morgan fingerprint density at radius 3 is 2.84 bits per heavy atom. The molecule has 19 heavy (non-hydrogen) atoms. The van der Waals surface area contributed by atoms with E-state index in [1.807, 2.05) is 18.2 Å². The summed E-state index contributed by atoms with van der Waals surface area (Å²) in [5, 5.41) is 2.81. The zero-order chi connectivity index (χ0) is 13.7. The largest absolute Gasteiger partial charge is 0.352 e. The van der Waals surface area contributed by atoms with Gasteiger partial charge in [0.2, 0.25) is 0 Å². The summed E-state index contributed by atoms with van der Waals surface area (Å²) >= 11 is 0. The highest BCUT2D eigenvalue weighted by Crippen LogP contribution is 2.09. The molecule has 0 spiro atoms. The quantitative estimate of drug-likeness (QED) is 0.915. The lowest BCUT2D eigenvalue weighted by Crippen LogP contribution is -2.26. The zero-order valence-electron chi connectivity index (χ0n) is 10.7. The van der Waals surface area contributed by atoms with Crippen LogP contribution in [0, 0.1) is 12.7 Å². The number of nitrogens with one attached hydrogen (secondary N) is 1. The van der Waals surface area contributed by atoms with Crippen LogP contribution in [0.3, 0.4) is 0 Å². The molecule has 0 aliphatic heterocycles. The van der Waals surface area contributed by atoms with Crippen molar-refractivity contribution in [2.45, 2.75) is 13.3 Å². The number of hydrogen-bond donors (Lipinski definition) is 1. The van der Waals surface area contributed by atoms with E-state index in [4.69, 9.17) is 0 Å². The summed E-state index contributed by atoms with van der Waals surface area (Å²) in [6.45, 7) is 2.23.